The average molecular weight is 319 g/mol. The van der Waals surface area contributed by atoms with Gasteiger partial charge in [0.25, 0.3) is 5.69 Å². The van der Waals surface area contributed by atoms with E-state index in [-0.39, 0.29) is 18.1 Å². The highest BCUT2D eigenvalue weighted by Crippen LogP contribution is 2.21. The molecule has 116 valence electrons. The highest BCUT2D eigenvalue weighted by Gasteiger charge is 2.12. The van der Waals surface area contributed by atoms with Gasteiger partial charge in [-0.15, -0.1) is 11.3 Å². The van der Waals surface area contributed by atoms with Crippen molar-refractivity contribution in [3.8, 4) is 0 Å². The first-order valence-electron chi connectivity index (χ1n) is 6.71. The van der Waals surface area contributed by atoms with Gasteiger partial charge in [0.05, 0.1) is 11.5 Å². The maximum absolute atomic E-state index is 12.0. The highest BCUT2D eigenvalue weighted by atomic mass is 32.1. The van der Waals surface area contributed by atoms with E-state index in [4.69, 9.17) is 0 Å². The van der Waals surface area contributed by atoms with Gasteiger partial charge < -0.3 is 5.32 Å². The second-order valence-electron chi connectivity index (χ2n) is 5.06. The molecule has 1 aromatic heterocycles. The predicted molar refractivity (Wildman–Crippen MR) is 87.1 cm³/mol. The van der Waals surface area contributed by atoms with E-state index in [0.717, 1.165) is 0 Å². The van der Waals surface area contributed by atoms with Crippen LogP contribution in [0.4, 0.5) is 11.4 Å². The van der Waals surface area contributed by atoms with E-state index in [1.807, 2.05) is 29.5 Å². The Morgan fingerprint density at radius 1 is 1.41 bits per heavy atom. The zero-order valence-electron chi connectivity index (χ0n) is 12.4. The number of nitrogens with one attached hydrogen (secondary N) is 1. The van der Waals surface area contributed by atoms with E-state index in [9.17, 15) is 14.9 Å². The minimum absolute atomic E-state index is 0.0188. The number of aryl methyl sites for hydroxylation is 1. The number of rotatable bonds is 6. The van der Waals surface area contributed by atoms with Crippen molar-refractivity contribution in [1.29, 1.82) is 0 Å². The van der Waals surface area contributed by atoms with Gasteiger partial charge in [-0.1, -0.05) is 6.07 Å². The molecule has 0 atom stereocenters. The second kappa shape index (κ2) is 7.15. The monoisotopic (exact) mass is 319 g/mol. The molecule has 0 radical (unpaired) electrons. The summed E-state index contributed by atoms with van der Waals surface area (Å²) < 4.78 is 0. The fourth-order valence-electron chi connectivity index (χ4n) is 2.06. The molecule has 0 saturated carbocycles. The first-order valence-corrected chi connectivity index (χ1v) is 7.59. The summed E-state index contributed by atoms with van der Waals surface area (Å²) in [7, 11) is 1.88. The number of non-ortho nitro benzene ring substituents is 1. The largest absolute Gasteiger partial charge is 0.325 e. The normalized spacial score (nSPS) is 10.7. The molecule has 2 aromatic rings. The number of thiophene rings is 1. The fourth-order valence-corrected chi connectivity index (χ4v) is 2.85. The number of nitro groups is 1. The van der Waals surface area contributed by atoms with Gasteiger partial charge in [-0.05, 0) is 37.0 Å². The Bertz CT molecular complexity index is 671. The highest BCUT2D eigenvalue weighted by molar-refractivity contribution is 7.09. The van der Waals surface area contributed by atoms with Crippen LogP contribution in [0.1, 0.15) is 10.4 Å². The molecule has 0 aliphatic rings. The Labute approximate surface area is 132 Å². The maximum Gasteiger partial charge on any atom is 0.269 e. The summed E-state index contributed by atoms with van der Waals surface area (Å²) in [5.41, 5.74) is 1.29. The average Bonchev–Trinajstić information content (AvgIpc) is 2.93. The van der Waals surface area contributed by atoms with Crippen molar-refractivity contribution in [1.82, 2.24) is 4.90 Å². The van der Waals surface area contributed by atoms with Crippen LogP contribution in [0.2, 0.25) is 0 Å². The minimum atomic E-state index is -0.451. The minimum Gasteiger partial charge on any atom is -0.325 e. The molecule has 1 N–H and O–H groups in total. The summed E-state index contributed by atoms with van der Waals surface area (Å²) in [6.07, 6.45) is 0. The number of nitro benzene ring substituents is 1. The lowest BCUT2D eigenvalue weighted by atomic mass is 10.2. The fraction of sp³-hybridized carbons (Fsp3) is 0.267. The molecule has 0 bridgehead atoms. The summed E-state index contributed by atoms with van der Waals surface area (Å²) in [5.74, 6) is -0.143. The van der Waals surface area contributed by atoms with Crippen molar-refractivity contribution >= 4 is 28.6 Å². The molecule has 0 saturated heterocycles. The number of hydrogen-bond donors (Lipinski definition) is 1. The summed E-state index contributed by atoms with van der Waals surface area (Å²) in [6, 6.07) is 8.40. The Morgan fingerprint density at radius 2 is 2.18 bits per heavy atom. The zero-order valence-corrected chi connectivity index (χ0v) is 13.2. The van der Waals surface area contributed by atoms with E-state index in [0.29, 0.717) is 17.8 Å². The summed E-state index contributed by atoms with van der Waals surface area (Å²) in [5, 5.41) is 15.5. The van der Waals surface area contributed by atoms with Crippen LogP contribution in [0, 0.1) is 17.0 Å². The molecule has 0 fully saturated rings. The van der Waals surface area contributed by atoms with Gasteiger partial charge in [0, 0.05) is 29.2 Å². The Kier molecular flexibility index (Phi) is 5.24. The molecule has 1 heterocycles. The number of carbonyl (C=O) groups excluding carboxylic acids is 1. The molecule has 22 heavy (non-hydrogen) atoms. The Hall–Kier alpha value is -2.25. The SMILES string of the molecule is Cc1cc([N+](=O)[O-])ccc1NC(=O)CN(C)Cc1cccs1. The third-order valence-corrected chi connectivity index (χ3v) is 3.98. The number of carbonyl (C=O) groups is 1. The van der Waals surface area contributed by atoms with E-state index in [1.54, 1.807) is 24.3 Å². The molecule has 0 spiro atoms. The number of likely N-dealkylation sites (N-methyl/N-ethyl adjacent to an activating group) is 1. The van der Waals surface area contributed by atoms with Crippen LogP contribution in [-0.4, -0.2) is 29.3 Å². The van der Waals surface area contributed by atoms with Crippen molar-refractivity contribution in [2.24, 2.45) is 0 Å². The van der Waals surface area contributed by atoms with Gasteiger partial charge in [0.15, 0.2) is 0 Å². The summed E-state index contributed by atoms with van der Waals surface area (Å²) in [6.45, 7) is 2.70. The van der Waals surface area contributed by atoms with E-state index >= 15 is 0 Å². The maximum atomic E-state index is 12.0. The third kappa shape index (κ3) is 4.37. The molecular formula is C15H17N3O3S. The van der Waals surface area contributed by atoms with Crippen LogP contribution < -0.4 is 5.32 Å². The first kappa shape index (κ1) is 16.1. The number of nitrogens with zero attached hydrogens (tertiary/aromatic N) is 2. The van der Waals surface area contributed by atoms with Gasteiger partial charge in [0.2, 0.25) is 5.91 Å². The van der Waals surface area contributed by atoms with Crippen LogP contribution in [0.15, 0.2) is 35.7 Å². The van der Waals surface area contributed by atoms with E-state index in [1.165, 1.54) is 17.0 Å². The number of benzene rings is 1. The van der Waals surface area contributed by atoms with Crippen LogP contribution >= 0.6 is 11.3 Å². The zero-order chi connectivity index (χ0) is 16.1. The molecule has 2 rings (SSSR count). The molecule has 1 aromatic carbocycles. The third-order valence-electron chi connectivity index (χ3n) is 3.11. The van der Waals surface area contributed by atoms with Gasteiger partial charge >= 0.3 is 0 Å². The molecule has 7 heteroatoms. The van der Waals surface area contributed by atoms with Gasteiger partial charge in [-0.2, -0.15) is 0 Å². The van der Waals surface area contributed by atoms with Crippen molar-refractivity contribution in [3.05, 3.63) is 56.3 Å². The summed E-state index contributed by atoms with van der Waals surface area (Å²) >= 11 is 1.65. The first-order chi connectivity index (χ1) is 10.5. The van der Waals surface area contributed by atoms with Crippen LogP contribution in [-0.2, 0) is 11.3 Å². The topological polar surface area (TPSA) is 75.5 Å². The smallest absolute Gasteiger partial charge is 0.269 e. The molecule has 0 aliphatic carbocycles. The molecular weight excluding hydrogens is 302 g/mol. The van der Waals surface area contributed by atoms with Crippen molar-refractivity contribution < 1.29 is 9.72 Å². The quantitative estimate of drug-likeness (QED) is 0.656. The Morgan fingerprint density at radius 3 is 2.77 bits per heavy atom. The Balaban J connectivity index is 1.93. The lowest BCUT2D eigenvalue weighted by Crippen LogP contribution is -2.29. The molecule has 6 nitrogen and oxygen atoms in total. The second-order valence-corrected chi connectivity index (χ2v) is 6.09. The standard InChI is InChI=1S/C15H17N3O3S/c1-11-8-12(18(20)21)5-6-14(11)16-15(19)10-17(2)9-13-4-3-7-22-13/h3-8H,9-10H2,1-2H3,(H,16,19). The van der Waals surface area contributed by atoms with Crippen LogP contribution in [0.3, 0.4) is 0 Å². The van der Waals surface area contributed by atoms with Crippen LogP contribution in [0.5, 0.6) is 0 Å². The van der Waals surface area contributed by atoms with Crippen molar-refractivity contribution in [3.63, 3.8) is 0 Å². The van der Waals surface area contributed by atoms with E-state index in [2.05, 4.69) is 5.32 Å². The predicted octanol–water partition coefficient (Wildman–Crippen LogP) is 3.04. The van der Waals surface area contributed by atoms with E-state index < -0.39 is 4.92 Å². The van der Waals surface area contributed by atoms with Gasteiger partial charge in [0.1, 0.15) is 0 Å². The van der Waals surface area contributed by atoms with Crippen molar-refractivity contribution in [2.75, 3.05) is 18.9 Å². The lowest BCUT2D eigenvalue weighted by Gasteiger charge is -2.16. The van der Waals surface area contributed by atoms with Crippen molar-refractivity contribution in [2.45, 2.75) is 13.5 Å². The lowest BCUT2D eigenvalue weighted by molar-refractivity contribution is -0.384. The number of amides is 1. The van der Waals surface area contributed by atoms with Gasteiger partial charge in [-0.25, -0.2) is 0 Å². The molecule has 0 aliphatic heterocycles. The number of anilines is 1. The molecule has 0 unspecified atom stereocenters. The molecule has 1 amide bonds. The number of hydrogen-bond acceptors (Lipinski definition) is 5. The summed E-state index contributed by atoms with van der Waals surface area (Å²) in [4.78, 5) is 25.4. The van der Waals surface area contributed by atoms with Gasteiger partial charge in [-0.3, -0.25) is 19.8 Å². The van der Waals surface area contributed by atoms with Crippen LogP contribution in [0.25, 0.3) is 0 Å².